The second-order valence-electron chi connectivity index (χ2n) is 5.02. The van der Waals surface area contributed by atoms with Crippen molar-refractivity contribution < 1.29 is 4.39 Å². The highest BCUT2D eigenvalue weighted by atomic mass is 32.2. The largest absolute Gasteiger partial charge is 0.214 e. The van der Waals surface area contributed by atoms with Crippen molar-refractivity contribution in [1.29, 1.82) is 0 Å². The molecule has 6 heteroatoms. The Kier molecular flexibility index (Phi) is 4.20. The van der Waals surface area contributed by atoms with Gasteiger partial charge in [-0.25, -0.2) is 4.39 Å². The van der Waals surface area contributed by atoms with Crippen LogP contribution in [0, 0.1) is 12.7 Å². The van der Waals surface area contributed by atoms with E-state index in [1.165, 1.54) is 12.1 Å². The second-order valence-corrected chi connectivity index (χ2v) is 6.33. The Labute approximate surface area is 132 Å². The van der Waals surface area contributed by atoms with Crippen LogP contribution in [0.2, 0.25) is 0 Å². The van der Waals surface area contributed by atoms with Crippen LogP contribution in [-0.2, 0) is 0 Å². The first kappa shape index (κ1) is 14.7. The third-order valence-electron chi connectivity index (χ3n) is 3.31. The van der Waals surface area contributed by atoms with Crippen LogP contribution in [0.5, 0.6) is 0 Å². The number of tetrazole rings is 1. The molecule has 0 radical (unpaired) electrons. The number of rotatable bonds is 4. The number of thioether (sulfide) groups is 1. The van der Waals surface area contributed by atoms with Gasteiger partial charge in [0.05, 0.1) is 5.69 Å². The average molecular weight is 314 g/mol. The summed E-state index contributed by atoms with van der Waals surface area (Å²) in [5.41, 5.74) is 3.11. The van der Waals surface area contributed by atoms with Gasteiger partial charge in [-0.05, 0) is 59.7 Å². The number of hydrogen-bond donors (Lipinski definition) is 0. The summed E-state index contributed by atoms with van der Waals surface area (Å²) in [6.45, 7) is 4.08. The van der Waals surface area contributed by atoms with Crippen LogP contribution in [-0.4, -0.2) is 20.2 Å². The van der Waals surface area contributed by atoms with Crippen LogP contribution in [0.25, 0.3) is 5.69 Å². The molecule has 0 fully saturated rings. The number of halogens is 1. The van der Waals surface area contributed by atoms with Crippen molar-refractivity contribution in [2.45, 2.75) is 24.3 Å². The molecule has 0 aliphatic carbocycles. The van der Waals surface area contributed by atoms with Gasteiger partial charge in [0, 0.05) is 5.25 Å². The van der Waals surface area contributed by atoms with Gasteiger partial charge < -0.3 is 0 Å². The Morgan fingerprint density at radius 3 is 2.64 bits per heavy atom. The lowest BCUT2D eigenvalue weighted by Crippen LogP contribution is -2.00. The highest BCUT2D eigenvalue weighted by Gasteiger charge is 2.14. The molecule has 112 valence electrons. The number of benzene rings is 2. The van der Waals surface area contributed by atoms with Gasteiger partial charge in [-0.3, -0.25) is 0 Å². The topological polar surface area (TPSA) is 43.6 Å². The maximum atomic E-state index is 13.0. The molecule has 0 amide bonds. The molecule has 0 aliphatic rings. The van der Waals surface area contributed by atoms with E-state index < -0.39 is 0 Å². The molecule has 0 aliphatic heterocycles. The zero-order valence-electron chi connectivity index (χ0n) is 12.3. The van der Waals surface area contributed by atoms with E-state index in [1.54, 1.807) is 28.6 Å². The van der Waals surface area contributed by atoms with Crippen molar-refractivity contribution in [2.75, 3.05) is 0 Å². The first-order valence-corrected chi connectivity index (χ1v) is 7.79. The molecular weight excluding hydrogens is 299 g/mol. The van der Waals surface area contributed by atoms with Crippen molar-refractivity contribution in [3.05, 3.63) is 65.5 Å². The molecule has 1 atom stereocenters. The van der Waals surface area contributed by atoms with Crippen molar-refractivity contribution in [2.24, 2.45) is 0 Å². The molecule has 3 rings (SSSR count). The van der Waals surface area contributed by atoms with Crippen LogP contribution in [0.3, 0.4) is 0 Å². The van der Waals surface area contributed by atoms with E-state index in [1.807, 2.05) is 38.1 Å². The van der Waals surface area contributed by atoms with Crippen LogP contribution in [0.4, 0.5) is 4.39 Å². The van der Waals surface area contributed by atoms with Gasteiger partial charge in [0.25, 0.3) is 0 Å². The molecule has 0 saturated carbocycles. The summed E-state index contributed by atoms with van der Waals surface area (Å²) >= 11 is 1.54. The van der Waals surface area contributed by atoms with E-state index >= 15 is 0 Å². The molecule has 3 aromatic rings. The Morgan fingerprint density at radius 2 is 1.91 bits per heavy atom. The number of aromatic nitrogens is 4. The summed E-state index contributed by atoms with van der Waals surface area (Å²) in [6.07, 6.45) is 0. The zero-order valence-corrected chi connectivity index (χ0v) is 13.1. The maximum absolute atomic E-state index is 13.0. The number of nitrogens with zero attached hydrogens (tertiary/aromatic N) is 4. The Hall–Kier alpha value is -2.21. The lowest BCUT2D eigenvalue weighted by molar-refractivity contribution is 0.627. The molecule has 22 heavy (non-hydrogen) atoms. The van der Waals surface area contributed by atoms with Gasteiger partial charge in [0.1, 0.15) is 5.82 Å². The Balaban J connectivity index is 1.84. The van der Waals surface area contributed by atoms with Crippen LogP contribution >= 0.6 is 11.8 Å². The summed E-state index contributed by atoms with van der Waals surface area (Å²) in [6, 6.07) is 14.5. The van der Waals surface area contributed by atoms with Crippen LogP contribution in [0.15, 0.2) is 53.7 Å². The average Bonchev–Trinajstić information content (AvgIpc) is 2.96. The molecule has 2 aromatic carbocycles. The smallest absolute Gasteiger partial charge is 0.207 e. The lowest BCUT2D eigenvalue weighted by atomic mass is 10.2. The molecular formula is C16H15FN4S. The zero-order chi connectivity index (χ0) is 15.5. The standard InChI is InChI=1S/C16H15FN4S/c1-11-4-3-5-15(10-11)21-16(18-19-20-21)22-12(2)13-6-8-14(17)9-7-13/h3-10,12H,1-2H3. The highest BCUT2D eigenvalue weighted by Crippen LogP contribution is 2.34. The minimum atomic E-state index is -0.231. The maximum Gasteiger partial charge on any atom is 0.214 e. The van der Waals surface area contributed by atoms with Crippen LogP contribution < -0.4 is 0 Å². The van der Waals surface area contributed by atoms with Gasteiger partial charge in [-0.15, -0.1) is 5.10 Å². The normalized spacial score (nSPS) is 12.3. The fourth-order valence-electron chi connectivity index (χ4n) is 2.13. The number of hydrogen-bond acceptors (Lipinski definition) is 4. The van der Waals surface area contributed by atoms with E-state index in [4.69, 9.17) is 0 Å². The van der Waals surface area contributed by atoms with Gasteiger partial charge in [-0.1, -0.05) is 36.0 Å². The predicted octanol–water partition coefficient (Wildman–Crippen LogP) is 3.96. The van der Waals surface area contributed by atoms with Crippen LogP contribution in [0.1, 0.15) is 23.3 Å². The predicted molar refractivity (Wildman–Crippen MR) is 84.6 cm³/mol. The minimum Gasteiger partial charge on any atom is -0.207 e. The molecule has 0 N–H and O–H groups in total. The Morgan fingerprint density at radius 1 is 1.14 bits per heavy atom. The van der Waals surface area contributed by atoms with E-state index in [2.05, 4.69) is 15.5 Å². The SMILES string of the molecule is Cc1cccc(-n2nnnc2SC(C)c2ccc(F)cc2)c1. The molecule has 4 nitrogen and oxygen atoms in total. The summed E-state index contributed by atoms with van der Waals surface area (Å²) < 4.78 is 14.7. The quantitative estimate of drug-likeness (QED) is 0.684. The van der Waals surface area contributed by atoms with Crippen molar-refractivity contribution in [1.82, 2.24) is 20.2 Å². The second kappa shape index (κ2) is 6.27. The fourth-order valence-corrected chi connectivity index (χ4v) is 3.07. The van der Waals surface area contributed by atoms with Gasteiger partial charge in [-0.2, -0.15) is 4.68 Å². The third kappa shape index (κ3) is 3.17. The number of aryl methyl sites for hydroxylation is 1. The first-order valence-electron chi connectivity index (χ1n) is 6.91. The molecule has 0 saturated heterocycles. The van der Waals surface area contributed by atoms with E-state index in [-0.39, 0.29) is 11.1 Å². The summed E-state index contributed by atoms with van der Waals surface area (Å²) in [5, 5.41) is 12.8. The van der Waals surface area contributed by atoms with E-state index in [0.717, 1.165) is 16.8 Å². The minimum absolute atomic E-state index is 0.121. The van der Waals surface area contributed by atoms with Gasteiger partial charge in [0.2, 0.25) is 5.16 Å². The summed E-state index contributed by atoms with van der Waals surface area (Å²) in [5.74, 6) is -0.231. The summed E-state index contributed by atoms with van der Waals surface area (Å²) in [4.78, 5) is 0. The molecule has 1 heterocycles. The third-order valence-corrected chi connectivity index (χ3v) is 4.40. The van der Waals surface area contributed by atoms with Crippen molar-refractivity contribution in [3.8, 4) is 5.69 Å². The highest BCUT2D eigenvalue weighted by molar-refractivity contribution is 7.99. The summed E-state index contributed by atoms with van der Waals surface area (Å²) in [7, 11) is 0. The van der Waals surface area contributed by atoms with E-state index in [9.17, 15) is 4.39 Å². The fraction of sp³-hybridized carbons (Fsp3) is 0.188. The van der Waals surface area contributed by atoms with Crippen molar-refractivity contribution in [3.63, 3.8) is 0 Å². The molecule has 0 spiro atoms. The van der Waals surface area contributed by atoms with Gasteiger partial charge in [0.15, 0.2) is 0 Å². The molecule has 0 bridgehead atoms. The monoisotopic (exact) mass is 314 g/mol. The first-order chi connectivity index (χ1) is 10.6. The molecule has 1 aromatic heterocycles. The Bertz CT molecular complexity index is 770. The van der Waals surface area contributed by atoms with Crippen molar-refractivity contribution >= 4 is 11.8 Å². The lowest BCUT2D eigenvalue weighted by Gasteiger charge is -2.11. The van der Waals surface area contributed by atoms with Gasteiger partial charge >= 0.3 is 0 Å². The molecule has 1 unspecified atom stereocenters. The van der Waals surface area contributed by atoms with E-state index in [0.29, 0.717) is 5.16 Å².